The van der Waals surface area contributed by atoms with Crippen molar-refractivity contribution in [3.8, 4) is 0 Å². The molecule has 0 aromatic carbocycles. The molecule has 0 aliphatic rings. The van der Waals surface area contributed by atoms with Crippen molar-refractivity contribution < 1.29 is 9.47 Å². The van der Waals surface area contributed by atoms with Crippen LogP contribution in [0.4, 0.5) is 0 Å². The Morgan fingerprint density at radius 3 is 2.60 bits per heavy atom. The van der Waals surface area contributed by atoms with Gasteiger partial charge in [-0.1, -0.05) is 26.8 Å². The van der Waals surface area contributed by atoms with Crippen LogP contribution in [0, 0.1) is 0 Å². The fraction of sp³-hybridized carbons (Fsp3) is 0.583. The molecular formula is C12H19NO2. The minimum atomic E-state index is 0.0806. The van der Waals surface area contributed by atoms with Crippen molar-refractivity contribution in [3.05, 3.63) is 29.6 Å². The van der Waals surface area contributed by atoms with Crippen LogP contribution in [0.3, 0.4) is 0 Å². The molecule has 0 radical (unpaired) electrons. The SMILES string of the molecule is COCOCc1cccc(C(C)(C)C)n1. The van der Waals surface area contributed by atoms with Crippen molar-refractivity contribution in [3.63, 3.8) is 0 Å². The van der Waals surface area contributed by atoms with Gasteiger partial charge in [0.25, 0.3) is 0 Å². The summed E-state index contributed by atoms with van der Waals surface area (Å²) in [6, 6.07) is 6.02. The van der Waals surface area contributed by atoms with Gasteiger partial charge in [-0.3, -0.25) is 4.98 Å². The minimum Gasteiger partial charge on any atom is -0.359 e. The van der Waals surface area contributed by atoms with Gasteiger partial charge in [-0.2, -0.15) is 0 Å². The first-order valence-electron chi connectivity index (χ1n) is 5.07. The predicted molar refractivity (Wildman–Crippen MR) is 59.6 cm³/mol. The van der Waals surface area contributed by atoms with E-state index in [1.165, 1.54) is 0 Å². The topological polar surface area (TPSA) is 31.4 Å². The molecule has 0 N–H and O–H groups in total. The van der Waals surface area contributed by atoms with Crippen molar-refractivity contribution >= 4 is 0 Å². The number of nitrogens with zero attached hydrogens (tertiary/aromatic N) is 1. The molecular weight excluding hydrogens is 190 g/mol. The number of hydrogen-bond acceptors (Lipinski definition) is 3. The summed E-state index contributed by atoms with van der Waals surface area (Å²) >= 11 is 0. The Bertz CT molecular complexity index is 305. The van der Waals surface area contributed by atoms with Gasteiger partial charge >= 0.3 is 0 Å². The molecule has 84 valence electrons. The van der Waals surface area contributed by atoms with Crippen molar-refractivity contribution in [2.24, 2.45) is 0 Å². The van der Waals surface area contributed by atoms with Crippen molar-refractivity contribution in [1.82, 2.24) is 4.98 Å². The maximum absolute atomic E-state index is 5.25. The normalized spacial score (nSPS) is 11.7. The molecule has 1 rings (SSSR count). The largest absolute Gasteiger partial charge is 0.359 e. The minimum absolute atomic E-state index is 0.0806. The summed E-state index contributed by atoms with van der Waals surface area (Å²) in [5.74, 6) is 0. The van der Waals surface area contributed by atoms with Crippen LogP contribution in [-0.2, 0) is 21.5 Å². The van der Waals surface area contributed by atoms with E-state index < -0.39 is 0 Å². The summed E-state index contributed by atoms with van der Waals surface area (Å²) in [4.78, 5) is 4.54. The third-order valence-corrected chi connectivity index (χ3v) is 2.03. The van der Waals surface area contributed by atoms with E-state index in [0.717, 1.165) is 11.4 Å². The van der Waals surface area contributed by atoms with Crippen molar-refractivity contribution in [2.45, 2.75) is 32.8 Å². The number of methoxy groups -OCH3 is 1. The zero-order valence-corrected chi connectivity index (χ0v) is 9.91. The number of aromatic nitrogens is 1. The van der Waals surface area contributed by atoms with E-state index in [1.807, 2.05) is 18.2 Å². The lowest BCUT2D eigenvalue weighted by Gasteiger charge is -2.18. The number of ether oxygens (including phenoxy) is 2. The smallest absolute Gasteiger partial charge is 0.146 e. The summed E-state index contributed by atoms with van der Waals surface area (Å²) in [6.07, 6.45) is 0. The van der Waals surface area contributed by atoms with Crippen LogP contribution >= 0.6 is 0 Å². The van der Waals surface area contributed by atoms with Gasteiger partial charge in [-0.15, -0.1) is 0 Å². The van der Waals surface area contributed by atoms with Crippen LogP contribution in [0.15, 0.2) is 18.2 Å². The highest BCUT2D eigenvalue weighted by Gasteiger charge is 2.15. The van der Waals surface area contributed by atoms with Crippen LogP contribution in [-0.4, -0.2) is 18.9 Å². The Labute approximate surface area is 91.4 Å². The fourth-order valence-corrected chi connectivity index (χ4v) is 1.21. The summed E-state index contributed by atoms with van der Waals surface area (Å²) in [7, 11) is 1.61. The van der Waals surface area contributed by atoms with E-state index in [2.05, 4.69) is 25.8 Å². The monoisotopic (exact) mass is 209 g/mol. The average molecular weight is 209 g/mol. The lowest BCUT2D eigenvalue weighted by molar-refractivity contribution is -0.0401. The molecule has 3 heteroatoms. The predicted octanol–water partition coefficient (Wildman–Crippen LogP) is 2.50. The van der Waals surface area contributed by atoms with Gasteiger partial charge in [-0.25, -0.2) is 0 Å². The average Bonchev–Trinajstić information content (AvgIpc) is 2.17. The van der Waals surface area contributed by atoms with Gasteiger partial charge in [-0.05, 0) is 12.1 Å². The van der Waals surface area contributed by atoms with E-state index in [1.54, 1.807) is 7.11 Å². The zero-order chi connectivity index (χ0) is 11.3. The Hall–Kier alpha value is -0.930. The molecule has 0 aliphatic heterocycles. The summed E-state index contributed by atoms with van der Waals surface area (Å²) < 4.78 is 10.1. The van der Waals surface area contributed by atoms with Gasteiger partial charge in [0, 0.05) is 18.2 Å². The lowest BCUT2D eigenvalue weighted by Crippen LogP contribution is -2.14. The second kappa shape index (κ2) is 5.24. The third-order valence-electron chi connectivity index (χ3n) is 2.03. The molecule has 0 aliphatic carbocycles. The maximum atomic E-state index is 5.25. The van der Waals surface area contributed by atoms with Crippen molar-refractivity contribution in [2.75, 3.05) is 13.9 Å². The molecule has 0 atom stereocenters. The second-order valence-electron chi connectivity index (χ2n) is 4.52. The molecule has 1 aromatic rings. The van der Waals surface area contributed by atoms with Gasteiger partial charge in [0.2, 0.25) is 0 Å². The molecule has 0 amide bonds. The molecule has 0 saturated heterocycles. The van der Waals surface area contributed by atoms with Crippen LogP contribution in [0.1, 0.15) is 32.2 Å². The van der Waals surface area contributed by atoms with E-state index in [0.29, 0.717) is 13.4 Å². The second-order valence-corrected chi connectivity index (χ2v) is 4.52. The molecule has 0 bridgehead atoms. The molecule has 0 saturated carbocycles. The van der Waals surface area contributed by atoms with Gasteiger partial charge in [0.05, 0.1) is 12.3 Å². The first-order chi connectivity index (χ1) is 7.04. The van der Waals surface area contributed by atoms with Gasteiger partial charge in [0.1, 0.15) is 6.79 Å². The highest BCUT2D eigenvalue weighted by molar-refractivity contribution is 5.17. The standard InChI is InChI=1S/C12H19NO2/c1-12(2,3)11-7-5-6-10(13-11)8-15-9-14-4/h5-7H,8-9H2,1-4H3. The summed E-state index contributed by atoms with van der Waals surface area (Å²) in [5.41, 5.74) is 2.11. The van der Waals surface area contributed by atoms with E-state index in [4.69, 9.17) is 9.47 Å². The van der Waals surface area contributed by atoms with Crippen LogP contribution < -0.4 is 0 Å². The molecule has 1 heterocycles. The van der Waals surface area contributed by atoms with Crippen LogP contribution in [0.2, 0.25) is 0 Å². The molecule has 0 spiro atoms. The third kappa shape index (κ3) is 3.98. The van der Waals surface area contributed by atoms with E-state index in [9.17, 15) is 0 Å². The fourth-order valence-electron chi connectivity index (χ4n) is 1.21. The number of rotatable bonds is 4. The Kier molecular flexibility index (Phi) is 4.24. The lowest BCUT2D eigenvalue weighted by atomic mass is 9.91. The summed E-state index contributed by atoms with van der Waals surface area (Å²) in [5, 5.41) is 0. The first-order valence-corrected chi connectivity index (χ1v) is 5.07. The number of hydrogen-bond donors (Lipinski definition) is 0. The van der Waals surface area contributed by atoms with E-state index >= 15 is 0 Å². The number of pyridine rings is 1. The van der Waals surface area contributed by atoms with Crippen LogP contribution in [0.25, 0.3) is 0 Å². The highest BCUT2D eigenvalue weighted by Crippen LogP contribution is 2.19. The molecule has 0 fully saturated rings. The molecule has 0 unspecified atom stereocenters. The molecule has 3 nitrogen and oxygen atoms in total. The maximum Gasteiger partial charge on any atom is 0.146 e. The quantitative estimate of drug-likeness (QED) is 0.564. The highest BCUT2D eigenvalue weighted by atomic mass is 16.7. The first kappa shape index (κ1) is 12.1. The Morgan fingerprint density at radius 2 is 2.00 bits per heavy atom. The molecule has 1 aromatic heterocycles. The van der Waals surface area contributed by atoms with Gasteiger partial charge < -0.3 is 9.47 Å². The Balaban J connectivity index is 2.66. The van der Waals surface area contributed by atoms with Gasteiger partial charge in [0.15, 0.2) is 0 Å². The molecule has 15 heavy (non-hydrogen) atoms. The zero-order valence-electron chi connectivity index (χ0n) is 9.91. The van der Waals surface area contributed by atoms with Crippen LogP contribution in [0.5, 0.6) is 0 Å². The summed E-state index contributed by atoms with van der Waals surface area (Å²) in [6.45, 7) is 7.25. The Morgan fingerprint density at radius 1 is 1.27 bits per heavy atom. The van der Waals surface area contributed by atoms with E-state index in [-0.39, 0.29) is 5.41 Å². The van der Waals surface area contributed by atoms with Crippen molar-refractivity contribution in [1.29, 1.82) is 0 Å².